The number of likely N-dealkylation sites (N-methyl/N-ethyl adjacent to an activating group) is 1. The zero-order valence-electron chi connectivity index (χ0n) is 12.4. The lowest BCUT2D eigenvalue weighted by atomic mass is 10.2. The quantitative estimate of drug-likeness (QED) is 0.831. The highest BCUT2D eigenvalue weighted by molar-refractivity contribution is 7.98. The third kappa shape index (κ3) is 3.86. The first-order valence-corrected chi connectivity index (χ1v) is 7.83. The molecule has 2 aromatic heterocycles. The number of hydrogen-bond donors (Lipinski definition) is 1. The summed E-state index contributed by atoms with van der Waals surface area (Å²) >= 11 is 1.46. The first-order chi connectivity index (χ1) is 10.1. The second-order valence-corrected chi connectivity index (χ2v) is 5.56. The van der Waals surface area contributed by atoms with E-state index in [0.29, 0.717) is 12.1 Å². The van der Waals surface area contributed by atoms with E-state index in [1.807, 2.05) is 37.4 Å². The predicted molar refractivity (Wildman–Crippen MR) is 83.5 cm³/mol. The number of aromatic nitrogens is 1. The second-order valence-electron chi connectivity index (χ2n) is 4.77. The summed E-state index contributed by atoms with van der Waals surface area (Å²) in [4.78, 5) is 18.5. The summed E-state index contributed by atoms with van der Waals surface area (Å²) in [5.41, 5.74) is 0.599. The summed E-state index contributed by atoms with van der Waals surface area (Å²) in [6.07, 6.45) is 5.24. The summed E-state index contributed by atoms with van der Waals surface area (Å²) in [6, 6.07) is 7.31. The predicted octanol–water partition coefficient (Wildman–Crippen LogP) is 2.43. The van der Waals surface area contributed by atoms with Gasteiger partial charge in [-0.15, -0.1) is 11.8 Å². The van der Waals surface area contributed by atoms with Crippen molar-refractivity contribution in [2.75, 3.05) is 26.9 Å². The molecular weight excluding hydrogens is 286 g/mol. The number of carbonyl (C=O) groups is 1. The van der Waals surface area contributed by atoms with Crippen LogP contribution in [0.5, 0.6) is 0 Å². The van der Waals surface area contributed by atoms with Gasteiger partial charge < -0.3 is 9.73 Å². The first kappa shape index (κ1) is 15.6. The number of nitrogens with zero attached hydrogens (tertiary/aromatic N) is 2. The van der Waals surface area contributed by atoms with Gasteiger partial charge in [0.2, 0.25) is 0 Å². The van der Waals surface area contributed by atoms with Crippen molar-refractivity contribution in [3.63, 3.8) is 0 Å². The van der Waals surface area contributed by atoms with Crippen LogP contribution in [0.25, 0.3) is 0 Å². The Hall–Kier alpha value is -1.79. The number of nitrogens with one attached hydrogen (secondary N) is 1. The summed E-state index contributed by atoms with van der Waals surface area (Å²) in [5.74, 6) is 0.711. The first-order valence-electron chi connectivity index (χ1n) is 6.60. The average molecular weight is 305 g/mol. The molecule has 0 aliphatic rings. The lowest BCUT2D eigenvalue weighted by molar-refractivity contribution is 0.0935. The maximum Gasteiger partial charge on any atom is 0.254 e. The van der Waals surface area contributed by atoms with Gasteiger partial charge in [0.25, 0.3) is 5.91 Å². The lowest BCUT2D eigenvalue weighted by Crippen LogP contribution is -2.34. The molecule has 21 heavy (non-hydrogen) atoms. The Labute approximate surface area is 128 Å². The number of hydrogen-bond acceptors (Lipinski definition) is 5. The van der Waals surface area contributed by atoms with Gasteiger partial charge in [-0.1, -0.05) is 0 Å². The minimum absolute atomic E-state index is 0.00153. The summed E-state index contributed by atoms with van der Waals surface area (Å²) < 4.78 is 5.43. The molecular formula is C15H19N3O2S. The molecule has 1 unspecified atom stereocenters. The molecule has 0 saturated heterocycles. The van der Waals surface area contributed by atoms with Crippen molar-refractivity contribution in [2.45, 2.75) is 11.1 Å². The Morgan fingerprint density at radius 3 is 2.86 bits per heavy atom. The number of rotatable bonds is 6. The number of pyridine rings is 1. The zero-order valence-corrected chi connectivity index (χ0v) is 13.2. The molecule has 0 bridgehead atoms. The van der Waals surface area contributed by atoms with Crippen molar-refractivity contribution < 1.29 is 9.21 Å². The molecule has 5 nitrogen and oxygen atoms in total. The van der Waals surface area contributed by atoms with E-state index in [0.717, 1.165) is 10.8 Å². The van der Waals surface area contributed by atoms with Gasteiger partial charge in [-0.25, -0.2) is 4.98 Å². The molecule has 2 aromatic rings. The number of amides is 1. The molecule has 0 aliphatic heterocycles. The fourth-order valence-electron chi connectivity index (χ4n) is 2.03. The summed E-state index contributed by atoms with van der Waals surface area (Å²) in [7, 11) is 3.91. The Balaban J connectivity index is 2.06. The zero-order chi connectivity index (χ0) is 15.2. The monoisotopic (exact) mass is 305 g/mol. The molecule has 6 heteroatoms. The van der Waals surface area contributed by atoms with Gasteiger partial charge >= 0.3 is 0 Å². The van der Waals surface area contributed by atoms with Crippen molar-refractivity contribution >= 4 is 17.7 Å². The van der Waals surface area contributed by atoms with Crippen LogP contribution in [0.2, 0.25) is 0 Å². The highest BCUT2D eigenvalue weighted by Gasteiger charge is 2.19. The third-order valence-corrected chi connectivity index (χ3v) is 3.87. The topological polar surface area (TPSA) is 58.4 Å². The van der Waals surface area contributed by atoms with Crippen LogP contribution >= 0.6 is 11.8 Å². The highest BCUT2D eigenvalue weighted by Crippen LogP contribution is 2.19. The van der Waals surface area contributed by atoms with E-state index in [2.05, 4.69) is 10.3 Å². The molecule has 0 saturated carbocycles. The van der Waals surface area contributed by atoms with Crippen LogP contribution < -0.4 is 5.32 Å². The fraction of sp³-hybridized carbons (Fsp3) is 0.333. The van der Waals surface area contributed by atoms with Crippen molar-refractivity contribution in [1.82, 2.24) is 15.2 Å². The van der Waals surface area contributed by atoms with E-state index >= 15 is 0 Å². The molecule has 2 heterocycles. The van der Waals surface area contributed by atoms with Gasteiger partial charge in [-0.3, -0.25) is 9.69 Å². The van der Waals surface area contributed by atoms with Crippen LogP contribution in [0.3, 0.4) is 0 Å². The van der Waals surface area contributed by atoms with E-state index in [4.69, 9.17) is 4.42 Å². The summed E-state index contributed by atoms with van der Waals surface area (Å²) in [5, 5.41) is 3.68. The van der Waals surface area contributed by atoms with Crippen LogP contribution in [0, 0.1) is 0 Å². The highest BCUT2D eigenvalue weighted by atomic mass is 32.2. The molecule has 112 valence electrons. The van der Waals surface area contributed by atoms with Gasteiger partial charge in [0.05, 0.1) is 17.9 Å². The number of furan rings is 1. The Bertz CT molecular complexity index is 584. The van der Waals surface area contributed by atoms with Crippen LogP contribution in [0.4, 0.5) is 0 Å². The average Bonchev–Trinajstić information content (AvgIpc) is 3.01. The van der Waals surface area contributed by atoms with Gasteiger partial charge in [-0.05, 0) is 44.6 Å². The lowest BCUT2D eigenvalue weighted by Gasteiger charge is -2.22. The van der Waals surface area contributed by atoms with Gasteiger partial charge in [-0.2, -0.15) is 0 Å². The molecule has 2 rings (SSSR count). The Morgan fingerprint density at radius 2 is 2.24 bits per heavy atom. The second kappa shape index (κ2) is 7.28. The van der Waals surface area contributed by atoms with Gasteiger partial charge in [0.1, 0.15) is 10.8 Å². The molecule has 0 aliphatic carbocycles. The minimum Gasteiger partial charge on any atom is -0.468 e. The minimum atomic E-state index is -0.120. The van der Waals surface area contributed by atoms with Crippen LogP contribution in [0.15, 0.2) is 46.2 Å². The molecule has 0 radical (unpaired) electrons. The van der Waals surface area contributed by atoms with Crippen molar-refractivity contribution in [2.24, 2.45) is 0 Å². The fourth-order valence-corrected chi connectivity index (χ4v) is 2.58. The van der Waals surface area contributed by atoms with Crippen molar-refractivity contribution in [1.29, 1.82) is 0 Å². The molecule has 1 atom stereocenters. The maximum atomic E-state index is 12.3. The molecule has 0 spiro atoms. The van der Waals surface area contributed by atoms with E-state index in [1.54, 1.807) is 24.6 Å². The van der Waals surface area contributed by atoms with Crippen LogP contribution in [-0.2, 0) is 0 Å². The SMILES string of the molecule is CSc1ncccc1C(=O)NCC(c1ccco1)N(C)C. The maximum absolute atomic E-state index is 12.3. The van der Waals surface area contributed by atoms with Crippen LogP contribution in [0.1, 0.15) is 22.2 Å². The van der Waals surface area contributed by atoms with E-state index in [-0.39, 0.29) is 11.9 Å². The summed E-state index contributed by atoms with van der Waals surface area (Å²) in [6.45, 7) is 0.474. The van der Waals surface area contributed by atoms with E-state index in [9.17, 15) is 4.79 Å². The van der Waals surface area contributed by atoms with E-state index in [1.165, 1.54) is 11.8 Å². The Kier molecular flexibility index (Phi) is 5.41. The largest absolute Gasteiger partial charge is 0.468 e. The van der Waals surface area contributed by atoms with E-state index < -0.39 is 0 Å². The van der Waals surface area contributed by atoms with Crippen LogP contribution in [-0.4, -0.2) is 42.7 Å². The van der Waals surface area contributed by atoms with Gasteiger partial charge in [0.15, 0.2) is 0 Å². The van der Waals surface area contributed by atoms with Crippen molar-refractivity contribution in [3.05, 3.63) is 48.0 Å². The van der Waals surface area contributed by atoms with Gasteiger partial charge in [0, 0.05) is 12.7 Å². The number of carbonyl (C=O) groups excluding carboxylic acids is 1. The normalized spacial score (nSPS) is 12.4. The smallest absolute Gasteiger partial charge is 0.254 e. The molecule has 1 N–H and O–H groups in total. The number of thioether (sulfide) groups is 1. The standard InChI is InChI=1S/C15H19N3O2S/c1-18(2)12(13-7-5-9-20-13)10-17-14(19)11-6-4-8-16-15(11)21-3/h4-9,12H,10H2,1-3H3,(H,17,19). The molecule has 0 aromatic carbocycles. The van der Waals surface area contributed by atoms with Crippen molar-refractivity contribution in [3.8, 4) is 0 Å². The Morgan fingerprint density at radius 1 is 1.43 bits per heavy atom. The third-order valence-electron chi connectivity index (χ3n) is 3.16. The molecule has 1 amide bonds. The molecule has 0 fully saturated rings.